The molecule has 0 radical (unpaired) electrons. The molecule has 0 aromatic carbocycles. The highest BCUT2D eigenvalue weighted by Gasteiger charge is 2.67. The summed E-state index contributed by atoms with van der Waals surface area (Å²) < 4.78 is 0. The van der Waals surface area contributed by atoms with Gasteiger partial charge in [0, 0.05) is 5.92 Å². The molecule has 3 aliphatic carbocycles. The highest BCUT2D eigenvalue weighted by Crippen LogP contribution is 2.69. The summed E-state index contributed by atoms with van der Waals surface area (Å²) >= 11 is 5.66. The Labute approximate surface area is 110 Å². The van der Waals surface area contributed by atoms with Gasteiger partial charge < -0.3 is 5.32 Å². The first-order valence-corrected chi connectivity index (χ1v) is 6.90. The largest absolute Gasteiger partial charge is 0.309 e. The van der Waals surface area contributed by atoms with E-state index < -0.39 is 0 Å². The van der Waals surface area contributed by atoms with Gasteiger partial charge in [-0.25, -0.2) is 9.97 Å². The molecule has 4 rings (SSSR count). The van der Waals surface area contributed by atoms with Crippen LogP contribution in [-0.2, 0) is 4.79 Å². The lowest BCUT2D eigenvalue weighted by molar-refractivity contribution is -0.118. The molecule has 2 bridgehead atoms. The van der Waals surface area contributed by atoms with E-state index in [4.69, 9.17) is 11.6 Å². The Morgan fingerprint density at radius 3 is 2.56 bits per heavy atom. The van der Waals surface area contributed by atoms with Crippen LogP contribution in [0, 0.1) is 29.6 Å². The van der Waals surface area contributed by atoms with Crippen molar-refractivity contribution in [1.82, 2.24) is 9.97 Å². The number of amides is 1. The fourth-order valence-corrected chi connectivity index (χ4v) is 4.36. The molecule has 3 fully saturated rings. The molecule has 3 aliphatic rings. The van der Waals surface area contributed by atoms with E-state index in [1.165, 1.54) is 31.7 Å². The van der Waals surface area contributed by atoms with Gasteiger partial charge in [-0.3, -0.25) is 4.79 Å². The number of hydrogen-bond acceptors (Lipinski definition) is 3. The van der Waals surface area contributed by atoms with E-state index in [1.807, 2.05) is 0 Å². The molecule has 0 saturated heterocycles. The van der Waals surface area contributed by atoms with Gasteiger partial charge in [-0.15, -0.1) is 0 Å². The molecule has 1 N–H and O–H groups in total. The van der Waals surface area contributed by atoms with Crippen LogP contribution in [0.1, 0.15) is 19.3 Å². The third-order valence-corrected chi connectivity index (χ3v) is 5.10. The van der Waals surface area contributed by atoms with Crippen LogP contribution >= 0.6 is 11.6 Å². The Hall–Kier alpha value is -1.16. The van der Waals surface area contributed by atoms with E-state index in [2.05, 4.69) is 15.3 Å². The summed E-state index contributed by atoms with van der Waals surface area (Å²) in [6.07, 6.45) is 6.98. The van der Waals surface area contributed by atoms with Gasteiger partial charge in [0.05, 0.1) is 12.4 Å². The van der Waals surface area contributed by atoms with Gasteiger partial charge in [-0.2, -0.15) is 0 Å². The molecule has 1 heterocycles. The summed E-state index contributed by atoms with van der Waals surface area (Å²) in [6.45, 7) is 0. The number of nitrogens with zero attached hydrogens (tertiary/aromatic N) is 2. The minimum Gasteiger partial charge on any atom is -0.309 e. The van der Waals surface area contributed by atoms with Gasteiger partial charge in [0.2, 0.25) is 5.91 Å². The van der Waals surface area contributed by atoms with Crippen molar-refractivity contribution in [3.63, 3.8) is 0 Å². The van der Waals surface area contributed by atoms with Crippen LogP contribution in [0.2, 0.25) is 5.15 Å². The number of carbonyl (C=O) groups excluding carboxylic acids is 1. The number of hydrogen-bond donors (Lipinski definition) is 1. The van der Waals surface area contributed by atoms with E-state index >= 15 is 0 Å². The molecular weight excluding hydrogens is 250 g/mol. The summed E-state index contributed by atoms with van der Waals surface area (Å²) in [6, 6.07) is 0. The van der Waals surface area contributed by atoms with Crippen LogP contribution in [0.25, 0.3) is 0 Å². The second kappa shape index (κ2) is 3.67. The van der Waals surface area contributed by atoms with Crippen LogP contribution < -0.4 is 5.32 Å². The molecule has 5 heteroatoms. The van der Waals surface area contributed by atoms with Crippen molar-refractivity contribution in [2.45, 2.75) is 19.3 Å². The monoisotopic (exact) mass is 263 g/mol. The molecule has 0 spiro atoms. The van der Waals surface area contributed by atoms with Gasteiger partial charge in [-0.1, -0.05) is 11.6 Å². The van der Waals surface area contributed by atoms with Crippen molar-refractivity contribution < 1.29 is 4.79 Å². The van der Waals surface area contributed by atoms with Crippen LogP contribution in [0.15, 0.2) is 12.4 Å². The van der Waals surface area contributed by atoms with Gasteiger partial charge in [0.25, 0.3) is 0 Å². The molecule has 0 aliphatic heterocycles. The van der Waals surface area contributed by atoms with Crippen molar-refractivity contribution in [1.29, 1.82) is 0 Å². The Bertz CT molecular complexity index is 487. The number of rotatable bonds is 2. The van der Waals surface area contributed by atoms with E-state index in [-0.39, 0.29) is 11.8 Å². The first kappa shape index (κ1) is 10.7. The Morgan fingerprint density at radius 1 is 1.22 bits per heavy atom. The van der Waals surface area contributed by atoms with Crippen LogP contribution in [-0.4, -0.2) is 15.9 Å². The normalized spacial score (nSPS) is 39.5. The Balaban J connectivity index is 1.45. The predicted octanol–water partition coefficient (Wildman–Crippen LogP) is 2.36. The van der Waals surface area contributed by atoms with Crippen LogP contribution in [0.3, 0.4) is 0 Å². The van der Waals surface area contributed by atoms with Crippen molar-refractivity contribution in [3.05, 3.63) is 17.5 Å². The van der Waals surface area contributed by atoms with Crippen LogP contribution in [0.4, 0.5) is 5.82 Å². The summed E-state index contributed by atoms with van der Waals surface area (Å²) in [5.41, 5.74) is 0. The zero-order valence-corrected chi connectivity index (χ0v) is 10.6. The van der Waals surface area contributed by atoms with Crippen LogP contribution in [0.5, 0.6) is 0 Å². The van der Waals surface area contributed by atoms with Gasteiger partial charge >= 0.3 is 0 Å². The summed E-state index contributed by atoms with van der Waals surface area (Å²) in [5, 5.41) is 3.20. The molecule has 4 nitrogen and oxygen atoms in total. The highest BCUT2D eigenvalue weighted by molar-refractivity contribution is 6.29. The number of nitrogens with one attached hydrogen (secondary N) is 1. The molecule has 94 valence electrons. The summed E-state index contributed by atoms with van der Waals surface area (Å²) in [4.78, 5) is 20.1. The number of anilines is 1. The van der Waals surface area contributed by atoms with Gasteiger partial charge in [0.1, 0.15) is 5.15 Å². The topological polar surface area (TPSA) is 54.9 Å². The Kier molecular flexibility index (Phi) is 2.19. The second-order valence-electron chi connectivity index (χ2n) is 5.73. The third kappa shape index (κ3) is 1.48. The predicted molar refractivity (Wildman–Crippen MR) is 67.0 cm³/mol. The van der Waals surface area contributed by atoms with E-state index in [1.54, 1.807) is 0 Å². The molecule has 18 heavy (non-hydrogen) atoms. The maximum atomic E-state index is 12.2. The van der Waals surface area contributed by atoms with E-state index in [0.29, 0.717) is 22.8 Å². The fourth-order valence-electron chi connectivity index (χ4n) is 4.26. The minimum atomic E-state index is 0.123. The third-order valence-electron chi connectivity index (χ3n) is 4.91. The molecule has 4 atom stereocenters. The van der Waals surface area contributed by atoms with Gasteiger partial charge in [0.15, 0.2) is 5.82 Å². The SMILES string of the molecule is O=C(Nc1cnc(Cl)cn1)C1C2C3CCC(C3)C12. The van der Waals surface area contributed by atoms with Crippen molar-refractivity contribution >= 4 is 23.3 Å². The quantitative estimate of drug-likeness (QED) is 0.891. The fraction of sp³-hybridized carbons (Fsp3) is 0.615. The number of fused-ring (bicyclic) bond motifs is 5. The average molecular weight is 264 g/mol. The Morgan fingerprint density at radius 2 is 1.94 bits per heavy atom. The highest BCUT2D eigenvalue weighted by atomic mass is 35.5. The smallest absolute Gasteiger partial charge is 0.229 e. The first-order chi connectivity index (χ1) is 8.74. The molecule has 1 amide bonds. The zero-order chi connectivity index (χ0) is 12.3. The standard InChI is InChI=1S/C13H14ClN3O/c14-8-4-16-9(5-15-8)17-13(18)12-10-6-1-2-7(3-6)11(10)12/h4-7,10-12H,1-3H2,(H,16,17,18). The molecule has 1 aromatic heterocycles. The van der Waals surface area contributed by atoms with Gasteiger partial charge in [-0.05, 0) is 42.9 Å². The number of carbonyl (C=O) groups is 1. The zero-order valence-electron chi connectivity index (χ0n) is 9.84. The lowest BCUT2D eigenvalue weighted by Crippen LogP contribution is -2.19. The van der Waals surface area contributed by atoms with E-state index in [9.17, 15) is 4.79 Å². The van der Waals surface area contributed by atoms with E-state index in [0.717, 1.165) is 11.8 Å². The summed E-state index contributed by atoms with van der Waals surface area (Å²) in [7, 11) is 0. The number of halogens is 1. The van der Waals surface area contributed by atoms with Crippen molar-refractivity contribution in [3.8, 4) is 0 Å². The van der Waals surface area contributed by atoms with Crippen molar-refractivity contribution in [2.24, 2.45) is 29.6 Å². The lowest BCUT2D eigenvalue weighted by Gasteiger charge is -2.08. The average Bonchev–Trinajstić information content (AvgIpc) is 2.82. The molecular formula is C13H14ClN3O. The minimum absolute atomic E-state index is 0.123. The maximum absolute atomic E-state index is 12.2. The first-order valence-electron chi connectivity index (χ1n) is 6.52. The molecule has 1 aromatic rings. The molecule has 3 saturated carbocycles. The number of aromatic nitrogens is 2. The lowest BCUT2D eigenvalue weighted by atomic mass is 10.0. The van der Waals surface area contributed by atoms with Crippen molar-refractivity contribution in [2.75, 3.05) is 5.32 Å². The maximum Gasteiger partial charge on any atom is 0.229 e. The second-order valence-corrected chi connectivity index (χ2v) is 6.11. The molecule has 4 unspecified atom stereocenters. The summed E-state index contributed by atoms with van der Waals surface area (Å²) in [5.74, 6) is 3.79.